The van der Waals surface area contributed by atoms with Crippen molar-refractivity contribution in [1.29, 1.82) is 0 Å². The second-order valence-electron chi connectivity index (χ2n) is 1.30. The molecule has 0 aromatic rings. The number of hydrogen-bond acceptors (Lipinski definition) is 6. The summed E-state index contributed by atoms with van der Waals surface area (Å²) in [5.41, 5.74) is 0. The standard InChI is InChI=1S/Cr.6H2O.2O.Zn/h;6*1H2;;;/q+2;;;;;;;;;+4/p-6. The van der Waals surface area contributed by atoms with Gasteiger partial charge in [0.05, 0.1) is 0 Å². The molecule has 0 aliphatic rings. The van der Waals surface area contributed by atoms with Crippen LogP contribution >= 0.6 is 0 Å². The third-order valence-corrected chi connectivity index (χ3v) is 0. The summed E-state index contributed by atoms with van der Waals surface area (Å²) in [4.78, 5) is 0. The van der Waals surface area contributed by atoms with Crippen LogP contribution in [0.25, 0.3) is 0 Å². The molecule has 10 heteroatoms. The molecule has 10 heavy (non-hydrogen) atoms. The number of rotatable bonds is 0. The Morgan fingerprint density at radius 2 is 0.900 bits per heavy atom. The fourth-order valence-corrected chi connectivity index (χ4v) is 0. The van der Waals surface area contributed by atoms with Gasteiger partial charge in [0.25, 0.3) is 0 Å². The summed E-state index contributed by atoms with van der Waals surface area (Å²) >= 11 is -10.5. The van der Waals surface area contributed by atoms with Crippen LogP contribution in [-0.4, -0.2) is 24.0 Å². The van der Waals surface area contributed by atoms with E-state index in [4.69, 9.17) is 31.7 Å². The molecule has 0 rings (SSSR count). The predicted octanol–water partition coefficient (Wildman–Crippen LogP) is -3.58. The molecule has 62 valence electrons. The Morgan fingerprint density at radius 1 is 0.900 bits per heavy atom. The summed E-state index contributed by atoms with van der Waals surface area (Å²) in [5, 5.41) is 0. The van der Waals surface area contributed by atoms with Crippen molar-refractivity contribution in [2.24, 2.45) is 0 Å². The van der Waals surface area contributed by atoms with Crippen molar-refractivity contribution < 1.29 is 61.5 Å². The van der Waals surface area contributed by atoms with Crippen LogP contribution in [0.15, 0.2) is 0 Å². The Bertz CT molecular complexity index is 144. The summed E-state index contributed by atoms with van der Waals surface area (Å²) < 4.78 is 61.5. The summed E-state index contributed by atoms with van der Waals surface area (Å²) in [5.74, 6) is 0. The van der Waals surface area contributed by atoms with Gasteiger partial charge >= 0.3 is 61.5 Å². The minimum atomic E-state index is -5.25. The van der Waals surface area contributed by atoms with Crippen molar-refractivity contribution in [1.82, 2.24) is 0 Å². The van der Waals surface area contributed by atoms with Gasteiger partial charge in [0.2, 0.25) is 0 Å². The zero-order chi connectivity index (χ0) is 9.00. The summed E-state index contributed by atoms with van der Waals surface area (Å²) in [6.07, 6.45) is 0. The fraction of sp³-hybridized carbons (Fsp3) is 0. The topological polar surface area (TPSA) is 156 Å². The van der Waals surface area contributed by atoms with Gasteiger partial charge in [-0.25, -0.2) is 0 Å². The SMILES string of the molecule is [OH][Zn]([OH])([OH])[OH].[O]=[Cr](=[O])([OH])[OH]. The van der Waals surface area contributed by atoms with Crippen LogP contribution in [0.5, 0.6) is 0 Å². The van der Waals surface area contributed by atoms with Crippen LogP contribution in [0.4, 0.5) is 0 Å². The maximum absolute atomic E-state index is 8.82. The van der Waals surface area contributed by atoms with Crippen LogP contribution in [-0.2, 0) is 37.4 Å². The molecule has 0 atom stereocenters. The van der Waals surface area contributed by atoms with Gasteiger partial charge in [0, 0.05) is 0 Å². The van der Waals surface area contributed by atoms with Gasteiger partial charge in [0.15, 0.2) is 0 Å². The van der Waals surface area contributed by atoms with Crippen molar-refractivity contribution in [2.45, 2.75) is 0 Å². The molecule has 0 aliphatic heterocycles. The fourth-order valence-electron chi connectivity index (χ4n) is 0. The van der Waals surface area contributed by atoms with E-state index >= 15 is 0 Å². The predicted molar refractivity (Wildman–Crippen MR) is 14.7 cm³/mol. The van der Waals surface area contributed by atoms with Gasteiger partial charge < -0.3 is 0 Å². The molecule has 0 saturated carbocycles. The van der Waals surface area contributed by atoms with E-state index in [0.29, 0.717) is 0 Å². The van der Waals surface area contributed by atoms with E-state index < -0.39 is 29.8 Å². The van der Waals surface area contributed by atoms with Gasteiger partial charge in [-0.05, 0) is 0 Å². The molecule has 0 radical (unpaired) electrons. The monoisotopic (exact) mass is 250 g/mol. The summed E-state index contributed by atoms with van der Waals surface area (Å²) in [7, 11) is 0. The van der Waals surface area contributed by atoms with Crippen LogP contribution in [0.1, 0.15) is 0 Å². The van der Waals surface area contributed by atoms with Gasteiger partial charge in [-0.2, -0.15) is 0 Å². The quantitative estimate of drug-likeness (QED) is 0.241. The van der Waals surface area contributed by atoms with E-state index in [1.165, 1.54) is 0 Å². The molecule has 0 fully saturated rings. The second-order valence-corrected chi connectivity index (χ2v) is 6.26. The van der Waals surface area contributed by atoms with Gasteiger partial charge in [-0.15, -0.1) is 0 Å². The van der Waals surface area contributed by atoms with Crippen molar-refractivity contribution in [2.75, 3.05) is 0 Å². The molecule has 0 saturated heterocycles. The normalized spacial score (nSPS) is 10.2. The molecule has 8 nitrogen and oxygen atoms in total. The molecule has 6 N–H and O–H groups in total. The first-order valence-electron chi connectivity index (χ1n) is 1.96. The van der Waals surface area contributed by atoms with Crippen LogP contribution in [0.2, 0.25) is 0 Å². The minimum absolute atomic E-state index is 5.25. The van der Waals surface area contributed by atoms with E-state index in [2.05, 4.69) is 0 Å². The first-order chi connectivity index (χ1) is 4.00. The Hall–Kier alpha value is 0.516. The maximum atomic E-state index is 8.82. The summed E-state index contributed by atoms with van der Waals surface area (Å²) in [6.45, 7) is 0. The molecule has 0 bridgehead atoms. The third kappa shape index (κ3) is 1810. The molecule has 0 aliphatic carbocycles. The van der Waals surface area contributed by atoms with Crippen LogP contribution in [0, 0.1) is 0 Å². The molecular weight excluding hydrogens is 245 g/mol. The number of hydrogen-bond donors (Lipinski definition) is 6. The van der Waals surface area contributed by atoms with Crippen molar-refractivity contribution in [3.05, 3.63) is 0 Å². The average Bonchev–Trinajstić information content (AvgIpc) is 1.12. The van der Waals surface area contributed by atoms with E-state index in [1.54, 1.807) is 0 Å². The van der Waals surface area contributed by atoms with Gasteiger partial charge in [-0.1, -0.05) is 0 Å². The molecule has 0 aromatic heterocycles. The Kier molecular flexibility index (Phi) is 5.78. The molecular formula is H6CrO8Zn. The Morgan fingerprint density at radius 3 is 0.900 bits per heavy atom. The van der Waals surface area contributed by atoms with E-state index in [0.717, 1.165) is 0 Å². The molecule has 0 aromatic carbocycles. The van der Waals surface area contributed by atoms with E-state index in [1.807, 2.05) is 0 Å². The summed E-state index contributed by atoms with van der Waals surface area (Å²) in [6, 6.07) is 0. The Balaban J connectivity index is 0. The first kappa shape index (κ1) is 13.1. The van der Waals surface area contributed by atoms with Crippen LogP contribution in [0.3, 0.4) is 0 Å². The van der Waals surface area contributed by atoms with Gasteiger partial charge in [-0.3, -0.25) is 0 Å². The second kappa shape index (κ2) is 4.41. The molecule has 0 heterocycles. The molecule has 0 unspecified atom stereocenters. The van der Waals surface area contributed by atoms with Crippen LogP contribution < -0.4 is 0 Å². The first-order valence-corrected chi connectivity index (χ1v) is 9.45. The van der Waals surface area contributed by atoms with Gasteiger partial charge in [0.1, 0.15) is 0 Å². The van der Waals surface area contributed by atoms with Crippen molar-refractivity contribution >= 4 is 0 Å². The average molecular weight is 251 g/mol. The zero-order valence-corrected chi connectivity index (χ0v) is 8.86. The van der Waals surface area contributed by atoms with Crippen molar-refractivity contribution in [3.63, 3.8) is 0 Å². The molecule has 0 amide bonds. The molecule has 0 spiro atoms. The van der Waals surface area contributed by atoms with Crippen molar-refractivity contribution in [3.8, 4) is 0 Å². The zero-order valence-electron chi connectivity index (χ0n) is 4.62. The van der Waals surface area contributed by atoms with E-state index in [-0.39, 0.29) is 0 Å². The Labute approximate surface area is 61.8 Å². The third-order valence-electron chi connectivity index (χ3n) is 0. The van der Waals surface area contributed by atoms with E-state index in [9.17, 15) is 0 Å².